The van der Waals surface area contributed by atoms with E-state index in [0.717, 1.165) is 0 Å². The maximum absolute atomic E-state index is 11.9. The molecule has 1 aromatic rings. The molecule has 0 bridgehead atoms. The summed E-state index contributed by atoms with van der Waals surface area (Å²) < 4.78 is 0. The second-order valence-electron chi connectivity index (χ2n) is 4.66. The number of carboxylic acid groups (broad SMARTS) is 1. The van der Waals surface area contributed by atoms with Crippen molar-refractivity contribution in [1.29, 1.82) is 0 Å². The van der Waals surface area contributed by atoms with Gasteiger partial charge in [0.2, 0.25) is 5.91 Å². The van der Waals surface area contributed by atoms with Crippen LogP contribution in [0.3, 0.4) is 0 Å². The Labute approximate surface area is 115 Å². The van der Waals surface area contributed by atoms with Gasteiger partial charge in [-0.25, -0.2) is 0 Å². The predicted molar refractivity (Wildman–Crippen MR) is 72.4 cm³/mol. The fourth-order valence-electron chi connectivity index (χ4n) is 1.59. The summed E-state index contributed by atoms with van der Waals surface area (Å²) in [6, 6.07) is 4.07. The Morgan fingerprint density at radius 3 is 2.35 bits per heavy atom. The van der Waals surface area contributed by atoms with Crippen LogP contribution in [0, 0.1) is 28.9 Å². The van der Waals surface area contributed by atoms with Gasteiger partial charge in [-0.1, -0.05) is 13.8 Å². The Hall–Kier alpha value is -2.44. The van der Waals surface area contributed by atoms with Crippen LogP contribution in [0.15, 0.2) is 18.2 Å². The van der Waals surface area contributed by atoms with E-state index in [1.54, 1.807) is 6.92 Å². The molecular weight excluding hydrogens is 264 g/mol. The molecule has 0 spiro atoms. The molecule has 20 heavy (non-hydrogen) atoms. The number of carbonyl (C=O) groups is 2. The monoisotopic (exact) mass is 280 g/mol. The van der Waals surface area contributed by atoms with Crippen LogP contribution in [0.1, 0.15) is 19.4 Å². The average molecular weight is 280 g/mol. The van der Waals surface area contributed by atoms with E-state index < -0.39 is 28.6 Å². The molecule has 1 rings (SSSR count). The lowest BCUT2D eigenvalue weighted by molar-refractivity contribution is -0.384. The summed E-state index contributed by atoms with van der Waals surface area (Å²) in [5, 5.41) is 22.1. The molecule has 0 aliphatic rings. The third kappa shape index (κ3) is 3.53. The van der Waals surface area contributed by atoms with E-state index in [2.05, 4.69) is 5.32 Å². The van der Waals surface area contributed by atoms with Gasteiger partial charge < -0.3 is 10.4 Å². The largest absolute Gasteiger partial charge is 0.481 e. The normalized spacial score (nSPS) is 13.3. The minimum Gasteiger partial charge on any atom is -0.481 e. The van der Waals surface area contributed by atoms with Crippen molar-refractivity contribution in [1.82, 2.24) is 0 Å². The van der Waals surface area contributed by atoms with Crippen molar-refractivity contribution >= 4 is 23.3 Å². The Bertz CT molecular complexity index is 556. The van der Waals surface area contributed by atoms with E-state index in [1.165, 1.54) is 32.0 Å². The minimum absolute atomic E-state index is 0.0625. The van der Waals surface area contributed by atoms with Gasteiger partial charge >= 0.3 is 5.97 Å². The summed E-state index contributed by atoms with van der Waals surface area (Å²) in [4.78, 5) is 32.8. The van der Waals surface area contributed by atoms with Crippen molar-refractivity contribution in [2.75, 3.05) is 5.32 Å². The van der Waals surface area contributed by atoms with Crippen LogP contribution in [-0.2, 0) is 9.59 Å². The van der Waals surface area contributed by atoms with Gasteiger partial charge in [0.15, 0.2) is 0 Å². The van der Waals surface area contributed by atoms with E-state index in [1.807, 2.05) is 0 Å². The molecule has 2 atom stereocenters. The van der Waals surface area contributed by atoms with Crippen LogP contribution in [-0.4, -0.2) is 21.9 Å². The van der Waals surface area contributed by atoms with Gasteiger partial charge in [-0.05, 0) is 18.6 Å². The Kier molecular flexibility index (Phi) is 4.79. The second-order valence-corrected chi connectivity index (χ2v) is 4.66. The molecule has 2 unspecified atom stereocenters. The fourth-order valence-corrected chi connectivity index (χ4v) is 1.59. The molecule has 0 heterocycles. The molecule has 0 saturated carbocycles. The third-order valence-corrected chi connectivity index (χ3v) is 3.23. The number of nitro groups is 1. The smallest absolute Gasteiger partial charge is 0.307 e. The van der Waals surface area contributed by atoms with Crippen molar-refractivity contribution in [2.24, 2.45) is 11.8 Å². The van der Waals surface area contributed by atoms with Crippen LogP contribution in [0.4, 0.5) is 11.4 Å². The number of carbonyl (C=O) groups excluding carboxylic acids is 1. The first kappa shape index (κ1) is 15.6. The topological polar surface area (TPSA) is 110 Å². The van der Waals surface area contributed by atoms with Gasteiger partial charge in [0.05, 0.1) is 10.8 Å². The predicted octanol–water partition coefficient (Wildman–Crippen LogP) is 2.20. The average Bonchev–Trinajstić information content (AvgIpc) is 2.38. The molecule has 0 aromatic heterocycles. The minimum atomic E-state index is -1.05. The van der Waals surface area contributed by atoms with Gasteiger partial charge in [0.25, 0.3) is 5.69 Å². The molecule has 7 nitrogen and oxygen atoms in total. The number of rotatable bonds is 5. The van der Waals surface area contributed by atoms with Crippen LogP contribution in [0.2, 0.25) is 0 Å². The number of nitrogens with one attached hydrogen (secondary N) is 1. The van der Waals surface area contributed by atoms with E-state index >= 15 is 0 Å². The standard InChI is InChI=1S/C13H16N2O5/c1-7-6-10(15(19)20)4-5-11(7)14-12(16)8(2)9(3)13(17)18/h4-6,8-9H,1-3H3,(H,14,16)(H,17,18). The number of benzene rings is 1. The van der Waals surface area contributed by atoms with Crippen LogP contribution in [0.25, 0.3) is 0 Å². The highest BCUT2D eigenvalue weighted by Gasteiger charge is 2.26. The summed E-state index contributed by atoms with van der Waals surface area (Å²) in [5.41, 5.74) is 0.917. The highest BCUT2D eigenvalue weighted by molar-refractivity contribution is 5.95. The summed E-state index contributed by atoms with van der Waals surface area (Å²) in [6.45, 7) is 4.61. The maximum atomic E-state index is 11.9. The first-order valence-electron chi connectivity index (χ1n) is 6.02. The molecule has 0 aliphatic carbocycles. The number of non-ortho nitro benzene ring substituents is 1. The number of nitro benzene ring substituents is 1. The van der Waals surface area contributed by atoms with Crippen LogP contribution < -0.4 is 5.32 Å². The summed E-state index contributed by atoms with van der Waals surface area (Å²) in [5.74, 6) is -3.00. The molecule has 0 saturated heterocycles. The number of anilines is 1. The van der Waals surface area contributed by atoms with Gasteiger partial charge in [-0.2, -0.15) is 0 Å². The number of carboxylic acids is 1. The lowest BCUT2D eigenvalue weighted by atomic mass is 9.95. The fraction of sp³-hybridized carbons (Fsp3) is 0.385. The number of nitrogens with zero attached hydrogens (tertiary/aromatic N) is 1. The van der Waals surface area contributed by atoms with E-state index in [9.17, 15) is 19.7 Å². The Balaban J connectivity index is 2.86. The quantitative estimate of drug-likeness (QED) is 0.634. The number of hydrogen-bond acceptors (Lipinski definition) is 4. The molecule has 0 aliphatic heterocycles. The van der Waals surface area contributed by atoms with Gasteiger partial charge in [-0.15, -0.1) is 0 Å². The Morgan fingerprint density at radius 2 is 1.90 bits per heavy atom. The molecule has 1 amide bonds. The van der Waals surface area contributed by atoms with Crippen molar-refractivity contribution in [3.05, 3.63) is 33.9 Å². The first-order valence-corrected chi connectivity index (χ1v) is 6.02. The van der Waals surface area contributed by atoms with Crippen molar-refractivity contribution in [3.8, 4) is 0 Å². The van der Waals surface area contributed by atoms with Crippen molar-refractivity contribution in [3.63, 3.8) is 0 Å². The third-order valence-electron chi connectivity index (χ3n) is 3.23. The van der Waals surface area contributed by atoms with E-state index in [4.69, 9.17) is 5.11 Å². The molecule has 108 valence electrons. The zero-order valence-corrected chi connectivity index (χ0v) is 11.4. The number of hydrogen-bond donors (Lipinski definition) is 2. The maximum Gasteiger partial charge on any atom is 0.307 e. The Morgan fingerprint density at radius 1 is 1.30 bits per heavy atom. The number of aliphatic carboxylic acids is 1. The number of amides is 1. The number of aryl methyl sites for hydroxylation is 1. The van der Waals surface area contributed by atoms with E-state index in [0.29, 0.717) is 11.3 Å². The van der Waals surface area contributed by atoms with E-state index in [-0.39, 0.29) is 5.69 Å². The highest BCUT2D eigenvalue weighted by Crippen LogP contribution is 2.22. The molecular formula is C13H16N2O5. The van der Waals surface area contributed by atoms with Gasteiger partial charge in [0, 0.05) is 23.7 Å². The first-order chi connectivity index (χ1) is 9.23. The van der Waals surface area contributed by atoms with Crippen molar-refractivity contribution in [2.45, 2.75) is 20.8 Å². The molecule has 7 heteroatoms. The van der Waals surface area contributed by atoms with Crippen molar-refractivity contribution < 1.29 is 19.6 Å². The molecule has 1 aromatic carbocycles. The molecule has 2 N–H and O–H groups in total. The van der Waals surface area contributed by atoms with Crippen LogP contribution >= 0.6 is 0 Å². The van der Waals surface area contributed by atoms with Crippen LogP contribution in [0.5, 0.6) is 0 Å². The zero-order valence-electron chi connectivity index (χ0n) is 11.4. The lowest BCUT2D eigenvalue weighted by Crippen LogP contribution is -2.30. The summed E-state index contributed by atoms with van der Waals surface area (Å²) in [6.07, 6.45) is 0. The molecule has 0 fully saturated rings. The SMILES string of the molecule is Cc1cc([N+](=O)[O-])ccc1NC(=O)C(C)C(C)C(=O)O. The van der Waals surface area contributed by atoms with Gasteiger partial charge in [0.1, 0.15) is 0 Å². The summed E-state index contributed by atoms with van der Waals surface area (Å²) in [7, 11) is 0. The second kappa shape index (κ2) is 6.14. The zero-order chi connectivity index (χ0) is 15.4. The lowest BCUT2D eigenvalue weighted by Gasteiger charge is -2.16. The molecule has 0 radical (unpaired) electrons. The van der Waals surface area contributed by atoms with Gasteiger partial charge in [-0.3, -0.25) is 19.7 Å². The highest BCUT2D eigenvalue weighted by atomic mass is 16.6. The summed E-state index contributed by atoms with van der Waals surface area (Å²) >= 11 is 0.